The minimum absolute atomic E-state index is 0.0350. The molecule has 20 heavy (non-hydrogen) atoms. The van der Waals surface area contributed by atoms with Crippen LogP contribution in [0.25, 0.3) is 0 Å². The molecule has 0 amide bonds. The van der Waals surface area contributed by atoms with Gasteiger partial charge in [-0.25, -0.2) is 0 Å². The van der Waals surface area contributed by atoms with E-state index in [-0.39, 0.29) is 11.5 Å². The van der Waals surface area contributed by atoms with Crippen molar-refractivity contribution in [1.82, 2.24) is 0 Å². The molecule has 0 spiro atoms. The van der Waals surface area contributed by atoms with E-state index in [0.717, 1.165) is 16.7 Å². The van der Waals surface area contributed by atoms with Crippen LogP contribution in [0.2, 0.25) is 0 Å². The fraction of sp³-hybridized carbons (Fsp3) is 0.167. The number of benzene rings is 2. The van der Waals surface area contributed by atoms with E-state index in [1.165, 1.54) is 0 Å². The average Bonchev–Trinajstić information content (AvgIpc) is 2.46. The van der Waals surface area contributed by atoms with Crippen molar-refractivity contribution in [3.63, 3.8) is 0 Å². The second-order valence-electron chi connectivity index (χ2n) is 4.91. The number of ketones is 1. The number of rotatable bonds is 5. The van der Waals surface area contributed by atoms with Gasteiger partial charge in [0.25, 0.3) is 0 Å². The van der Waals surface area contributed by atoms with Crippen molar-refractivity contribution in [3.05, 3.63) is 83.1 Å². The third-order valence-electron chi connectivity index (χ3n) is 3.28. The van der Waals surface area contributed by atoms with Crippen LogP contribution in [-0.2, 0) is 6.42 Å². The van der Waals surface area contributed by atoms with Gasteiger partial charge < -0.3 is 5.11 Å². The zero-order valence-electron chi connectivity index (χ0n) is 11.6. The van der Waals surface area contributed by atoms with Crippen molar-refractivity contribution in [1.29, 1.82) is 0 Å². The van der Waals surface area contributed by atoms with Crippen molar-refractivity contribution in [3.8, 4) is 0 Å². The molecule has 0 heterocycles. The van der Waals surface area contributed by atoms with Gasteiger partial charge in [0.2, 0.25) is 0 Å². The van der Waals surface area contributed by atoms with Crippen LogP contribution in [0.15, 0.2) is 60.9 Å². The van der Waals surface area contributed by atoms with Gasteiger partial charge in [-0.15, -0.1) is 0 Å². The molecule has 0 unspecified atom stereocenters. The molecule has 0 radical (unpaired) electrons. The molecule has 2 nitrogen and oxygen atoms in total. The van der Waals surface area contributed by atoms with Gasteiger partial charge >= 0.3 is 0 Å². The van der Waals surface area contributed by atoms with Crippen LogP contribution in [0, 0.1) is 6.92 Å². The minimum Gasteiger partial charge on any atom is -0.513 e. The second kappa shape index (κ2) is 6.20. The van der Waals surface area contributed by atoms with Crippen LogP contribution in [0.4, 0.5) is 0 Å². The zero-order valence-corrected chi connectivity index (χ0v) is 11.6. The van der Waals surface area contributed by atoms with Crippen molar-refractivity contribution in [2.45, 2.75) is 19.8 Å². The summed E-state index contributed by atoms with van der Waals surface area (Å²) in [6.45, 7) is 5.42. The highest BCUT2D eigenvalue weighted by Crippen LogP contribution is 2.17. The van der Waals surface area contributed by atoms with Gasteiger partial charge in [0.15, 0.2) is 5.78 Å². The maximum atomic E-state index is 12.5. The lowest BCUT2D eigenvalue weighted by Crippen LogP contribution is -2.04. The largest absolute Gasteiger partial charge is 0.513 e. The first kappa shape index (κ1) is 14.1. The number of carbonyl (C=O) groups is 1. The highest BCUT2D eigenvalue weighted by Gasteiger charge is 2.12. The molecule has 0 saturated carbocycles. The van der Waals surface area contributed by atoms with Gasteiger partial charge in [-0.2, -0.15) is 0 Å². The summed E-state index contributed by atoms with van der Waals surface area (Å²) in [6, 6.07) is 15.1. The Morgan fingerprint density at radius 3 is 2.50 bits per heavy atom. The topological polar surface area (TPSA) is 37.3 Å². The SMILES string of the molecule is C=C(O)CCc1ccc(C)c(C(=O)c2ccccc2)c1. The van der Waals surface area contributed by atoms with Gasteiger partial charge in [0, 0.05) is 17.5 Å². The van der Waals surface area contributed by atoms with Crippen LogP contribution < -0.4 is 0 Å². The van der Waals surface area contributed by atoms with E-state index >= 15 is 0 Å². The normalized spacial score (nSPS) is 10.2. The fourth-order valence-corrected chi connectivity index (χ4v) is 2.10. The number of allylic oxidation sites excluding steroid dienone is 1. The summed E-state index contributed by atoms with van der Waals surface area (Å²) in [4.78, 5) is 12.5. The first-order valence-electron chi connectivity index (χ1n) is 6.64. The van der Waals surface area contributed by atoms with Gasteiger partial charge in [0.1, 0.15) is 0 Å². The molecule has 0 aliphatic heterocycles. The van der Waals surface area contributed by atoms with Crippen LogP contribution in [-0.4, -0.2) is 10.9 Å². The molecule has 0 aromatic heterocycles. The Labute approximate surface area is 119 Å². The first-order valence-corrected chi connectivity index (χ1v) is 6.64. The van der Waals surface area contributed by atoms with Gasteiger partial charge in [-0.1, -0.05) is 49.0 Å². The van der Waals surface area contributed by atoms with Crippen molar-refractivity contribution in [2.24, 2.45) is 0 Å². The van der Waals surface area contributed by atoms with E-state index < -0.39 is 0 Å². The van der Waals surface area contributed by atoms with Crippen LogP contribution in [0.3, 0.4) is 0 Å². The summed E-state index contributed by atoms with van der Waals surface area (Å²) in [5.74, 6) is 0.203. The number of carbonyl (C=O) groups excluding carboxylic acids is 1. The Morgan fingerprint density at radius 2 is 1.85 bits per heavy atom. The Balaban J connectivity index is 2.29. The van der Waals surface area contributed by atoms with E-state index in [0.29, 0.717) is 18.4 Å². The molecule has 2 aromatic carbocycles. The number of hydrogen-bond acceptors (Lipinski definition) is 2. The Hall–Kier alpha value is -2.35. The molecule has 2 heteroatoms. The minimum atomic E-state index is 0.0350. The number of aryl methyl sites for hydroxylation is 2. The smallest absolute Gasteiger partial charge is 0.193 e. The molecule has 2 rings (SSSR count). The van der Waals surface area contributed by atoms with Crippen LogP contribution in [0.1, 0.15) is 33.5 Å². The summed E-state index contributed by atoms with van der Waals surface area (Å²) in [6.07, 6.45) is 1.20. The Kier molecular flexibility index (Phi) is 4.36. The molecule has 0 fully saturated rings. The molecule has 0 bridgehead atoms. The Morgan fingerprint density at radius 1 is 1.15 bits per heavy atom. The monoisotopic (exact) mass is 266 g/mol. The third kappa shape index (κ3) is 3.35. The molecule has 0 atom stereocenters. The predicted molar refractivity (Wildman–Crippen MR) is 81.1 cm³/mol. The highest BCUT2D eigenvalue weighted by molar-refractivity contribution is 6.09. The van der Waals surface area contributed by atoms with E-state index in [2.05, 4.69) is 6.58 Å². The molecule has 102 valence electrons. The van der Waals surface area contributed by atoms with E-state index in [1.54, 1.807) is 0 Å². The molecule has 0 aliphatic rings. The number of aliphatic hydroxyl groups excluding tert-OH is 1. The molecule has 1 N–H and O–H groups in total. The van der Waals surface area contributed by atoms with E-state index in [4.69, 9.17) is 5.11 Å². The number of aliphatic hydroxyl groups is 1. The Bertz CT molecular complexity index is 627. The van der Waals surface area contributed by atoms with Crippen molar-refractivity contribution < 1.29 is 9.90 Å². The quantitative estimate of drug-likeness (QED) is 0.649. The lowest BCUT2D eigenvalue weighted by atomic mass is 9.95. The summed E-state index contributed by atoms with van der Waals surface area (Å²) in [7, 11) is 0. The van der Waals surface area contributed by atoms with Gasteiger partial charge in [-0.3, -0.25) is 4.79 Å². The fourth-order valence-electron chi connectivity index (χ4n) is 2.10. The lowest BCUT2D eigenvalue weighted by Gasteiger charge is -2.08. The van der Waals surface area contributed by atoms with E-state index in [1.807, 2.05) is 55.5 Å². The molecular formula is C18H18O2. The van der Waals surface area contributed by atoms with E-state index in [9.17, 15) is 4.79 Å². The first-order chi connectivity index (χ1) is 9.58. The van der Waals surface area contributed by atoms with Gasteiger partial charge in [0.05, 0.1) is 5.76 Å². The molecule has 0 aliphatic carbocycles. The maximum Gasteiger partial charge on any atom is 0.193 e. The summed E-state index contributed by atoms with van der Waals surface area (Å²) in [5, 5.41) is 9.16. The summed E-state index contributed by atoms with van der Waals surface area (Å²) >= 11 is 0. The van der Waals surface area contributed by atoms with Crippen molar-refractivity contribution >= 4 is 5.78 Å². The predicted octanol–water partition coefficient (Wildman–Crippen LogP) is 4.23. The summed E-state index contributed by atoms with van der Waals surface area (Å²) < 4.78 is 0. The van der Waals surface area contributed by atoms with Crippen LogP contribution >= 0.6 is 0 Å². The molecule has 2 aromatic rings. The average molecular weight is 266 g/mol. The van der Waals surface area contributed by atoms with Crippen LogP contribution in [0.5, 0.6) is 0 Å². The number of hydrogen-bond donors (Lipinski definition) is 1. The molecular weight excluding hydrogens is 248 g/mol. The second-order valence-corrected chi connectivity index (χ2v) is 4.91. The highest BCUT2D eigenvalue weighted by atomic mass is 16.3. The zero-order chi connectivity index (χ0) is 14.5. The lowest BCUT2D eigenvalue weighted by molar-refractivity contribution is 0.103. The molecule has 0 saturated heterocycles. The maximum absolute atomic E-state index is 12.5. The third-order valence-corrected chi connectivity index (χ3v) is 3.28. The van der Waals surface area contributed by atoms with Gasteiger partial charge in [-0.05, 0) is 30.5 Å². The summed E-state index contributed by atoms with van der Waals surface area (Å²) in [5.41, 5.74) is 3.41. The standard InChI is InChI=1S/C18H18O2/c1-13-8-10-15(11-9-14(2)19)12-17(13)18(20)16-6-4-3-5-7-16/h3-8,10,12,19H,2,9,11H2,1H3. The van der Waals surface area contributed by atoms with Crippen molar-refractivity contribution in [2.75, 3.05) is 0 Å².